The average molecular weight is 293 g/mol. The first-order valence-corrected chi connectivity index (χ1v) is 6.75. The Labute approximate surface area is 124 Å². The number of rotatable bonds is 6. The molecule has 1 unspecified atom stereocenters. The van der Waals surface area contributed by atoms with Crippen LogP contribution in [0.15, 0.2) is 18.2 Å². The molecule has 0 aliphatic rings. The number of ether oxygens (including phenoxy) is 1. The van der Waals surface area contributed by atoms with Crippen LogP contribution < -0.4 is 5.32 Å². The molecule has 0 fully saturated rings. The molecule has 0 heterocycles. The molecule has 0 saturated carbocycles. The van der Waals surface area contributed by atoms with Gasteiger partial charge in [0.15, 0.2) is 0 Å². The SMILES string of the molecule is COCC(C)CC(=O)Nc1ccc(F)c(C#CCCO)c1. The number of benzene rings is 1. The highest BCUT2D eigenvalue weighted by Gasteiger charge is 2.10. The highest BCUT2D eigenvalue weighted by molar-refractivity contribution is 5.91. The fraction of sp³-hybridized carbons (Fsp3) is 0.438. The Morgan fingerprint density at radius 1 is 1.52 bits per heavy atom. The Morgan fingerprint density at radius 3 is 2.95 bits per heavy atom. The summed E-state index contributed by atoms with van der Waals surface area (Å²) in [7, 11) is 1.59. The van der Waals surface area contributed by atoms with Gasteiger partial charge in [0.2, 0.25) is 5.91 Å². The van der Waals surface area contributed by atoms with Crippen LogP contribution in [0.4, 0.5) is 10.1 Å². The molecule has 2 N–H and O–H groups in total. The summed E-state index contributed by atoms with van der Waals surface area (Å²) in [6, 6.07) is 4.24. The lowest BCUT2D eigenvalue weighted by molar-refractivity contribution is -0.117. The van der Waals surface area contributed by atoms with Crippen molar-refractivity contribution in [1.82, 2.24) is 0 Å². The lowest BCUT2D eigenvalue weighted by Crippen LogP contribution is -2.17. The van der Waals surface area contributed by atoms with E-state index in [1.807, 2.05) is 6.92 Å². The van der Waals surface area contributed by atoms with Crippen molar-refractivity contribution in [3.05, 3.63) is 29.6 Å². The molecule has 1 amide bonds. The number of hydrogen-bond acceptors (Lipinski definition) is 3. The third-order valence-corrected chi connectivity index (χ3v) is 2.70. The highest BCUT2D eigenvalue weighted by Crippen LogP contribution is 2.15. The van der Waals surface area contributed by atoms with Gasteiger partial charge in [0, 0.05) is 32.2 Å². The van der Waals surface area contributed by atoms with Gasteiger partial charge in [-0.15, -0.1) is 0 Å². The van der Waals surface area contributed by atoms with Gasteiger partial charge in [-0.05, 0) is 24.1 Å². The number of carbonyl (C=O) groups is 1. The standard InChI is InChI=1S/C16H20FNO3/c1-12(11-21-2)9-16(20)18-14-6-7-15(17)13(10-14)5-3-4-8-19/h6-7,10,12,19H,4,8-9,11H2,1-2H3,(H,18,20). The largest absolute Gasteiger partial charge is 0.395 e. The molecule has 0 saturated heterocycles. The molecule has 5 heteroatoms. The Morgan fingerprint density at radius 2 is 2.29 bits per heavy atom. The van der Waals surface area contributed by atoms with Crippen molar-refractivity contribution in [3.63, 3.8) is 0 Å². The summed E-state index contributed by atoms with van der Waals surface area (Å²) in [5.74, 6) is 4.79. The lowest BCUT2D eigenvalue weighted by atomic mass is 10.1. The van der Waals surface area contributed by atoms with Gasteiger partial charge in [0.1, 0.15) is 5.82 Å². The maximum atomic E-state index is 13.6. The van der Waals surface area contributed by atoms with Crippen LogP contribution in [-0.2, 0) is 9.53 Å². The molecule has 0 bridgehead atoms. The van der Waals surface area contributed by atoms with Crippen molar-refractivity contribution in [3.8, 4) is 11.8 Å². The zero-order chi connectivity index (χ0) is 15.7. The molecule has 114 valence electrons. The Hall–Kier alpha value is -1.90. The van der Waals surface area contributed by atoms with Crippen LogP contribution in [0, 0.1) is 23.6 Å². The first-order valence-electron chi connectivity index (χ1n) is 6.75. The highest BCUT2D eigenvalue weighted by atomic mass is 19.1. The molecule has 0 spiro atoms. The molecule has 1 aromatic rings. The maximum absolute atomic E-state index is 13.6. The van der Waals surface area contributed by atoms with Crippen LogP contribution in [0.1, 0.15) is 25.3 Å². The molecule has 0 aliphatic heterocycles. The molecular formula is C16H20FNO3. The van der Waals surface area contributed by atoms with Crippen LogP contribution in [0.5, 0.6) is 0 Å². The molecule has 4 nitrogen and oxygen atoms in total. The van der Waals surface area contributed by atoms with Crippen LogP contribution in [0.3, 0.4) is 0 Å². The number of aliphatic hydroxyl groups excluding tert-OH is 1. The second-order valence-electron chi connectivity index (χ2n) is 4.78. The molecular weight excluding hydrogens is 273 g/mol. The molecule has 21 heavy (non-hydrogen) atoms. The molecule has 1 atom stereocenters. The van der Waals surface area contributed by atoms with E-state index in [9.17, 15) is 9.18 Å². The number of methoxy groups -OCH3 is 1. The van der Waals surface area contributed by atoms with E-state index in [4.69, 9.17) is 9.84 Å². The first kappa shape index (κ1) is 17.2. The summed E-state index contributed by atoms with van der Waals surface area (Å²) in [4.78, 5) is 11.8. The fourth-order valence-corrected chi connectivity index (χ4v) is 1.78. The molecule has 0 aromatic heterocycles. The van der Waals surface area contributed by atoms with Crippen molar-refractivity contribution in [2.75, 3.05) is 25.6 Å². The van der Waals surface area contributed by atoms with Crippen LogP contribution in [0.25, 0.3) is 0 Å². The molecule has 1 rings (SSSR count). The Balaban J connectivity index is 2.70. The van der Waals surface area contributed by atoms with E-state index >= 15 is 0 Å². The number of amides is 1. The maximum Gasteiger partial charge on any atom is 0.224 e. The van der Waals surface area contributed by atoms with Gasteiger partial charge in [0.05, 0.1) is 12.2 Å². The second-order valence-corrected chi connectivity index (χ2v) is 4.78. The minimum absolute atomic E-state index is 0.0670. The van der Waals surface area contributed by atoms with Gasteiger partial charge < -0.3 is 15.2 Å². The fourth-order valence-electron chi connectivity index (χ4n) is 1.78. The van der Waals surface area contributed by atoms with Gasteiger partial charge in [-0.3, -0.25) is 4.79 Å². The molecule has 0 radical (unpaired) electrons. The summed E-state index contributed by atoms with van der Waals surface area (Å²) in [5.41, 5.74) is 0.700. The van der Waals surface area contributed by atoms with Gasteiger partial charge in [-0.2, -0.15) is 0 Å². The van der Waals surface area contributed by atoms with Crippen LogP contribution in [0.2, 0.25) is 0 Å². The zero-order valence-corrected chi connectivity index (χ0v) is 12.3. The lowest BCUT2D eigenvalue weighted by Gasteiger charge is -2.10. The van der Waals surface area contributed by atoms with E-state index < -0.39 is 5.82 Å². The van der Waals surface area contributed by atoms with Crippen molar-refractivity contribution >= 4 is 11.6 Å². The topological polar surface area (TPSA) is 58.6 Å². The number of nitrogens with one attached hydrogen (secondary N) is 1. The predicted octanol–water partition coefficient (Wildman–Crippen LogP) is 2.17. The third kappa shape index (κ3) is 6.39. The van der Waals surface area contributed by atoms with E-state index in [2.05, 4.69) is 17.2 Å². The quantitative estimate of drug-likeness (QED) is 0.790. The Kier molecular flexibility index (Phi) is 7.44. The molecule has 1 aromatic carbocycles. The van der Waals surface area contributed by atoms with Crippen molar-refractivity contribution in [1.29, 1.82) is 0 Å². The predicted molar refractivity (Wildman–Crippen MR) is 79.3 cm³/mol. The van der Waals surface area contributed by atoms with E-state index in [1.165, 1.54) is 18.2 Å². The normalized spacial score (nSPS) is 11.4. The van der Waals surface area contributed by atoms with Gasteiger partial charge in [0.25, 0.3) is 0 Å². The molecule has 0 aliphatic carbocycles. The summed E-state index contributed by atoms with van der Waals surface area (Å²) in [5, 5.41) is 11.4. The van der Waals surface area contributed by atoms with Crippen molar-refractivity contribution in [2.24, 2.45) is 5.92 Å². The minimum Gasteiger partial charge on any atom is -0.395 e. The van der Waals surface area contributed by atoms with E-state index in [0.717, 1.165) is 0 Å². The van der Waals surface area contributed by atoms with E-state index in [1.54, 1.807) is 7.11 Å². The third-order valence-electron chi connectivity index (χ3n) is 2.70. The Bertz CT molecular complexity index is 534. The summed E-state index contributed by atoms with van der Waals surface area (Å²) in [6.45, 7) is 2.36. The monoisotopic (exact) mass is 293 g/mol. The number of halogens is 1. The number of carbonyl (C=O) groups excluding carboxylic acids is 1. The number of aliphatic hydroxyl groups is 1. The smallest absolute Gasteiger partial charge is 0.224 e. The van der Waals surface area contributed by atoms with Gasteiger partial charge in [-0.1, -0.05) is 18.8 Å². The summed E-state index contributed by atoms with van der Waals surface area (Å²) >= 11 is 0. The van der Waals surface area contributed by atoms with Crippen molar-refractivity contribution < 1.29 is 19.0 Å². The van der Waals surface area contributed by atoms with Crippen LogP contribution >= 0.6 is 0 Å². The summed E-state index contributed by atoms with van der Waals surface area (Å²) < 4.78 is 18.5. The van der Waals surface area contributed by atoms with Crippen molar-refractivity contribution in [2.45, 2.75) is 19.8 Å². The van der Waals surface area contributed by atoms with Crippen LogP contribution in [-0.4, -0.2) is 31.3 Å². The van der Waals surface area contributed by atoms with E-state index in [0.29, 0.717) is 18.7 Å². The number of hydrogen-bond donors (Lipinski definition) is 2. The van der Waals surface area contributed by atoms with E-state index in [-0.39, 0.29) is 30.4 Å². The average Bonchev–Trinajstić information content (AvgIpc) is 2.42. The second kappa shape index (κ2) is 9.11. The summed E-state index contributed by atoms with van der Waals surface area (Å²) in [6.07, 6.45) is 0.612. The van der Waals surface area contributed by atoms with Gasteiger partial charge >= 0.3 is 0 Å². The minimum atomic E-state index is -0.453. The van der Waals surface area contributed by atoms with Gasteiger partial charge in [-0.25, -0.2) is 4.39 Å². The number of anilines is 1. The zero-order valence-electron chi connectivity index (χ0n) is 12.3. The first-order chi connectivity index (χ1) is 10.1.